The van der Waals surface area contributed by atoms with Crippen molar-refractivity contribution in [3.8, 4) is 0 Å². The number of benzene rings is 1. The van der Waals surface area contributed by atoms with Crippen LogP contribution in [0, 0.1) is 17.5 Å². The molecule has 1 aromatic carbocycles. The van der Waals surface area contributed by atoms with E-state index in [2.05, 4.69) is 10.2 Å². The van der Waals surface area contributed by atoms with Crippen LogP contribution in [0.3, 0.4) is 0 Å². The van der Waals surface area contributed by atoms with Gasteiger partial charge in [-0.05, 0) is 12.5 Å². The molecule has 0 spiro atoms. The third kappa shape index (κ3) is 3.28. The molecule has 1 aliphatic heterocycles. The minimum absolute atomic E-state index is 0.140. The predicted octanol–water partition coefficient (Wildman–Crippen LogP) is 2.85. The molecule has 0 bridgehead atoms. The van der Waals surface area contributed by atoms with Crippen molar-refractivity contribution in [2.75, 3.05) is 26.2 Å². The molecule has 0 radical (unpaired) electrons. The van der Waals surface area contributed by atoms with E-state index in [1.165, 1.54) is 0 Å². The number of rotatable bonds is 4. The zero-order chi connectivity index (χ0) is 13.8. The smallest absolute Gasteiger partial charge is 0.163 e. The number of nitrogens with one attached hydrogen (secondary N) is 1. The molecule has 1 aromatic rings. The quantitative estimate of drug-likeness (QED) is 0.848. The average Bonchev–Trinajstić information content (AvgIpc) is 2.41. The van der Waals surface area contributed by atoms with Crippen LogP contribution in [0.2, 0.25) is 0 Å². The summed E-state index contributed by atoms with van der Waals surface area (Å²) in [5, 5.41) is 3.22. The first kappa shape index (κ1) is 14.3. The fourth-order valence-electron chi connectivity index (χ4n) is 2.62. The molecule has 0 unspecified atom stereocenters. The van der Waals surface area contributed by atoms with Crippen LogP contribution in [0.15, 0.2) is 12.1 Å². The average molecular weight is 272 g/mol. The van der Waals surface area contributed by atoms with Gasteiger partial charge in [0.2, 0.25) is 0 Å². The summed E-state index contributed by atoms with van der Waals surface area (Å²) in [5.74, 6) is -2.74. The Bertz CT molecular complexity index is 431. The molecule has 1 atom stereocenters. The maximum atomic E-state index is 13.9. The lowest BCUT2D eigenvalue weighted by Crippen LogP contribution is -2.45. The molecule has 1 fully saturated rings. The highest BCUT2D eigenvalue weighted by atomic mass is 19.2. The van der Waals surface area contributed by atoms with Gasteiger partial charge in [0.1, 0.15) is 5.82 Å². The molecular weight excluding hydrogens is 253 g/mol. The van der Waals surface area contributed by atoms with Crippen molar-refractivity contribution >= 4 is 0 Å². The van der Waals surface area contributed by atoms with Gasteiger partial charge in [-0.1, -0.05) is 13.3 Å². The molecule has 2 nitrogen and oxygen atoms in total. The number of hydrogen-bond acceptors (Lipinski definition) is 2. The van der Waals surface area contributed by atoms with Crippen LogP contribution in [0.1, 0.15) is 31.4 Å². The molecule has 0 amide bonds. The van der Waals surface area contributed by atoms with Crippen molar-refractivity contribution in [3.05, 3.63) is 35.1 Å². The molecule has 2 rings (SSSR count). The highest BCUT2D eigenvalue weighted by Gasteiger charge is 2.26. The molecule has 0 aliphatic carbocycles. The molecular formula is C14H19F3N2. The van der Waals surface area contributed by atoms with E-state index in [4.69, 9.17) is 0 Å². The normalized spacial score (nSPS) is 18.5. The van der Waals surface area contributed by atoms with Gasteiger partial charge in [-0.3, -0.25) is 4.90 Å². The van der Waals surface area contributed by atoms with E-state index >= 15 is 0 Å². The molecule has 1 N–H and O–H groups in total. The van der Waals surface area contributed by atoms with Gasteiger partial charge in [0.25, 0.3) is 0 Å². The van der Waals surface area contributed by atoms with Gasteiger partial charge in [-0.25, -0.2) is 13.2 Å². The van der Waals surface area contributed by atoms with E-state index in [9.17, 15) is 13.2 Å². The van der Waals surface area contributed by atoms with Crippen molar-refractivity contribution in [3.63, 3.8) is 0 Å². The van der Waals surface area contributed by atoms with Crippen molar-refractivity contribution in [2.45, 2.75) is 25.8 Å². The number of nitrogens with zero attached hydrogens (tertiary/aromatic N) is 1. The molecule has 1 aliphatic rings. The van der Waals surface area contributed by atoms with Crippen LogP contribution in [0.5, 0.6) is 0 Å². The Kier molecular flexibility index (Phi) is 4.82. The Balaban J connectivity index is 2.32. The number of hydrogen-bond donors (Lipinski definition) is 1. The van der Waals surface area contributed by atoms with E-state index < -0.39 is 17.5 Å². The molecule has 1 saturated heterocycles. The highest BCUT2D eigenvalue weighted by molar-refractivity contribution is 5.24. The van der Waals surface area contributed by atoms with Gasteiger partial charge in [-0.15, -0.1) is 0 Å². The molecule has 1 heterocycles. The largest absolute Gasteiger partial charge is 0.314 e. The summed E-state index contributed by atoms with van der Waals surface area (Å²) in [4.78, 5) is 2.09. The highest BCUT2D eigenvalue weighted by Crippen LogP contribution is 2.29. The van der Waals surface area contributed by atoms with Crippen LogP contribution >= 0.6 is 0 Å². The fraction of sp³-hybridized carbons (Fsp3) is 0.571. The summed E-state index contributed by atoms with van der Waals surface area (Å²) < 4.78 is 40.6. The first-order valence-corrected chi connectivity index (χ1v) is 6.72. The zero-order valence-electron chi connectivity index (χ0n) is 11.1. The summed E-state index contributed by atoms with van der Waals surface area (Å²) in [6.07, 6.45) is 1.53. The summed E-state index contributed by atoms with van der Waals surface area (Å²) in [6, 6.07) is 1.47. The lowest BCUT2D eigenvalue weighted by atomic mass is 9.99. The molecule has 0 saturated carbocycles. The van der Waals surface area contributed by atoms with Crippen molar-refractivity contribution in [1.29, 1.82) is 0 Å². The summed E-state index contributed by atoms with van der Waals surface area (Å²) in [7, 11) is 0. The minimum atomic E-state index is -1.11. The topological polar surface area (TPSA) is 15.3 Å². The van der Waals surface area contributed by atoms with Crippen molar-refractivity contribution in [2.24, 2.45) is 0 Å². The molecule has 5 heteroatoms. The Morgan fingerprint density at radius 2 is 1.89 bits per heavy atom. The van der Waals surface area contributed by atoms with Crippen molar-refractivity contribution < 1.29 is 13.2 Å². The molecule has 19 heavy (non-hydrogen) atoms. The van der Waals surface area contributed by atoms with Gasteiger partial charge < -0.3 is 5.32 Å². The Labute approximate surface area is 111 Å². The second-order valence-corrected chi connectivity index (χ2v) is 4.88. The SMILES string of the molecule is CCC[C@@H](c1cc(F)cc(F)c1F)N1CCNCC1. The van der Waals surface area contributed by atoms with E-state index in [1.807, 2.05) is 6.92 Å². The minimum Gasteiger partial charge on any atom is -0.314 e. The van der Waals surface area contributed by atoms with Crippen LogP contribution in [-0.2, 0) is 0 Å². The Morgan fingerprint density at radius 1 is 1.21 bits per heavy atom. The van der Waals surface area contributed by atoms with Gasteiger partial charge in [0.05, 0.1) is 0 Å². The maximum Gasteiger partial charge on any atom is 0.163 e. The maximum absolute atomic E-state index is 13.9. The Hall–Kier alpha value is -1.07. The van der Waals surface area contributed by atoms with Crippen LogP contribution in [-0.4, -0.2) is 31.1 Å². The predicted molar refractivity (Wildman–Crippen MR) is 68.4 cm³/mol. The zero-order valence-corrected chi connectivity index (χ0v) is 11.1. The van der Waals surface area contributed by atoms with E-state index in [1.54, 1.807) is 0 Å². The summed E-state index contributed by atoms with van der Waals surface area (Å²) in [5.41, 5.74) is 0.140. The monoisotopic (exact) mass is 272 g/mol. The third-order valence-corrected chi connectivity index (χ3v) is 3.53. The standard InChI is InChI=1S/C14H19F3N2/c1-2-3-13(19-6-4-18-5-7-19)11-8-10(15)9-12(16)14(11)17/h8-9,13,18H,2-7H2,1H3/t13-/m0/s1. The van der Waals surface area contributed by atoms with Gasteiger partial charge >= 0.3 is 0 Å². The Morgan fingerprint density at radius 3 is 2.53 bits per heavy atom. The second kappa shape index (κ2) is 6.39. The third-order valence-electron chi connectivity index (χ3n) is 3.53. The molecule has 0 aromatic heterocycles. The van der Waals surface area contributed by atoms with Crippen LogP contribution < -0.4 is 5.32 Å². The second-order valence-electron chi connectivity index (χ2n) is 4.88. The van der Waals surface area contributed by atoms with Crippen LogP contribution in [0.25, 0.3) is 0 Å². The first-order chi connectivity index (χ1) is 9.13. The summed E-state index contributed by atoms with van der Waals surface area (Å²) >= 11 is 0. The van der Waals surface area contributed by atoms with Gasteiger partial charge in [0.15, 0.2) is 11.6 Å². The summed E-state index contributed by atoms with van der Waals surface area (Å²) in [6.45, 7) is 5.16. The lowest BCUT2D eigenvalue weighted by molar-refractivity contribution is 0.160. The van der Waals surface area contributed by atoms with Gasteiger partial charge in [-0.2, -0.15) is 0 Å². The van der Waals surface area contributed by atoms with Crippen molar-refractivity contribution in [1.82, 2.24) is 10.2 Å². The first-order valence-electron chi connectivity index (χ1n) is 6.72. The van der Waals surface area contributed by atoms with Gasteiger partial charge in [0, 0.05) is 43.9 Å². The van der Waals surface area contributed by atoms with E-state index in [0.29, 0.717) is 12.5 Å². The number of piperazine rings is 1. The molecule has 106 valence electrons. The van der Waals surface area contributed by atoms with E-state index in [-0.39, 0.29) is 11.6 Å². The van der Waals surface area contributed by atoms with E-state index in [0.717, 1.165) is 38.7 Å². The number of halogens is 3. The lowest BCUT2D eigenvalue weighted by Gasteiger charge is -2.35. The fourth-order valence-corrected chi connectivity index (χ4v) is 2.62. The van der Waals surface area contributed by atoms with Crippen LogP contribution in [0.4, 0.5) is 13.2 Å².